The molecule has 0 bridgehead atoms. The number of carbonyl (C=O) groups is 1. The van der Waals surface area contributed by atoms with Crippen LogP contribution in [0.4, 0.5) is 5.69 Å². The summed E-state index contributed by atoms with van der Waals surface area (Å²) in [6.07, 6.45) is 2.20. The van der Waals surface area contributed by atoms with E-state index in [1.54, 1.807) is 0 Å². The minimum absolute atomic E-state index is 0.0103. The Morgan fingerprint density at radius 2 is 2.00 bits per heavy atom. The average Bonchev–Trinajstić information content (AvgIpc) is 3.45. The van der Waals surface area contributed by atoms with Crippen molar-refractivity contribution in [2.45, 2.75) is 32.7 Å². The predicted octanol–water partition coefficient (Wildman–Crippen LogP) is 2.01. The number of benzene rings is 1. The van der Waals surface area contributed by atoms with Crippen LogP contribution < -0.4 is 15.5 Å². The molecule has 2 fully saturated rings. The van der Waals surface area contributed by atoms with Gasteiger partial charge in [0.2, 0.25) is 5.91 Å². The molecule has 26 heavy (non-hydrogen) atoms. The normalized spacial score (nSPS) is 18.0. The number of anilines is 1. The number of carbonyl (C=O) groups excluding carboxylic acids is 1. The van der Waals surface area contributed by atoms with Gasteiger partial charge in [-0.05, 0) is 44.4 Å². The first-order chi connectivity index (χ1) is 12.6. The Morgan fingerprint density at radius 1 is 1.27 bits per heavy atom. The summed E-state index contributed by atoms with van der Waals surface area (Å²) in [5.41, 5.74) is 2.43. The third kappa shape index (κ3) is 5.04. The number of nitrogens with zero attached hydrogens (tertiary/aromatic N) is 3. The van der Waals surface area contributed by atoms with E-state index in [0.717, 1.165) is 56.5 Å². The summed E-state index contributed by atoms with van der Waals surface area (Å²) in [5.74, 6) is 0.831. The first-order valence-electron chi connectivity index (χ1n) is 9.40. The van der Waals surface area contributed by atoms with Crippen LogP contribution in [0.1, 0.15) is 25.3 Å². The van der Waals surface area contributed by atoms with Gasteiger partial charge in [-0.25, -0.2) is 4.99 Å². The zero-order valence-corrected chi connectivity index (χ0v) is 16.4. The second-order valence-corrected chi connectivity index (χ2v) is 7.35. The SMILES string of the molecule is CCNC(=NCC(=O)NC1CC1)N1CCN(c2cc(Cl)ccc2C)CC1. The molecule has 1 aliphatic heterocycles. The maximum absolute atomic E-state index is 11.9. The van der Waals surface area contributed by atoms with Gasteiger partial charge in [0.05, 0.1) is 0 Å². The Balaban J connectivity index is 1.58. The van der Waals surface area contributed by atoms with E-state index in [0.29, 0.717) is 6.04 Å². The lowest BCUT2D eigenvalue weighted by Crippen LogP contribution is -2.53. The van der Waals surface area contributed by atoms with Crippen molar-refractivity contribution in [3.05, 3.63) is 28.8 Å². The first-order valence-corrected chi connectivity index (χ1v) is 9.78. The van der Waals surface area contributed by atoms with E-state index >= 15 is 0 Å². The number of aliphatic imine (C=N–C) groups is 1. The van der Waals surface area contributed by atoms with Crippen molar-refractivity contribution < 1.29 is 4.79 Å². The molecular formula is C19H28ClN5O. The summed E-state index contributed by atoms with van der Waals surface area (Å²) in [5, 5.41) is 7.06. The molecule has 0 radical (unpaired) electrons. The fourth-order valence-corrected chi connectivity index (χ4v) is 3.32. The first kappa shape index (κ1) is 18.8. The van der Waals surface area contributed by atoms with Crippen LogP contribution in [0.3, 0.4) is 0 Å². The Morgan fingerprint density at radius 3 is 2.65 bits per heavy atom. The molecule has 6 nitrogen and oxygen atoms in total. The molecule has 0 aromatic heterocycles. The lowest BCUT2D eigenvalue weighted by molar-refractivity contribution is -0.119. The van der Waals surface area contributed by atoms with Gasteiger partial charge in [0, 0.05) is 49.5 Å². The molecule has 1 aromatic rings. The van der Waals surface area contributed by atoms with E-state index in [-0.39, 0.29) is 12.5 Å². The number of hydrogen-bond acceptors (Lipinski definition) is 3. The molecule has 0 spiro atoms. The highest BCUT2D eigenvalue weighted by atomic mass is 35.5. The van der Waals surface area contributed by atoms with Crippen LogP contribution in [-0.2, 0) is 4.79 Å². The van der Waals surface area contributed by atoms with Gasteiger partial charge in [0.25, 0.3) is 0 Å². The minimum Gasteiger partial charge on any atom is -0.368 e. The smallest absolute Gasteiger partial charge is 0.242 e. The van der Waals surface area contributed by atoms with Gasteiger partial charge in [-0.15, -0.1) is 0 Å². The van der Waals surface area contributed by atoms with Crippen LogP contribution in [0.15, 0.2) is 23.2 Å². The lowest BCUT2D eigenvalue weighted by Gasteiger charge is -2.38. The van der Waals surface area contributed by atoms with Crippen LogP contribution >= 0.6 is 11.6 Å². The van der Waals surface area contributed by atoms with Crippen molar-refractivity contribution in [1.82, 2.24) is 15.5 Å². The molecular weight excluding hydrogens is 350 g/mol. The molecule has 1 saturated heterocycles. The molecule has 1 heterocycles. The van der Waals surface area contributed by atoms with Gasteiger partial charge in [0.1, 0.15) is 6.54 Å². The highest BCUT2D eigenvalue weighted by Gasteiger charge is 2.24. The van der Waals surface area contributed by atoms with Crippen LogP contribution in [0, 0.1) is 6.92 Å². The summed E-state index contributed by atoms with van der Waals surface area (Å²) in [6.45, 7) is 8.67. The molecule has 1 amide bonds. The molecule has 0 atom stereocenters. The van der Waals surface area contributed by atoms with Crippen LogP contribution in [0.2, 0.25) is 5.02 Å². The number of guanidine groups is 1. The Hall–Kier alpha value is -1.95. The van der Waals surface area contributed by atoms with Gasteiger partial charge < -0.3 is 20.4 Å². The third-order valence-corrected chi connectivity index (χ3v) is 4.98. The fourth-order valence-electron chi connectivity index (χ4n) is 3.16. The molecule has 0 unspecified atom stereocenters. The monoisotopic (exact) mass is 377 g/mol. The van der Waals surface area contributed by atoms with Gasteiger partial charge in [0.15, 0.2) is 5.96 Å². The quantitative estimate of drug-likeness (QED) is 0.608. The minimum atomic E-state index is 0.0103. The number of aryl methyl sites for hydroxylation is 1. The predicted molar refractivity (Wildman–Crippen MR) is 107 cm³/mol. The van der Waals surface area contributed by atoms with Gasteiger partial charge in [-0.3, -0.25) is 4.79 Å². The number of amides is 1. The average molecular weight is 378 g/mol. The van der Waals surface area contributed by atoms with Crippen molar-refractivity contribution in [1.29, 1.82) is 0 Å². The Bertz CT molecular complexity index is 666. The van der Waals surface area contributed by atoms with Crippen LogP contribution in [-0.4, -0.2) is 62.1 Å². The number of halogens is 1. The lowest BCUT2D eigenvalue weighted by atomic mass is 10.1. The van der Waals surface area contributed by atoms with E-state index in [1.807, 2.05) is 19.1 Å². The topological polar surface area (TPSA) is 60.0 Å². The van der Waals surface area contributed by atoms with E-state index in [2.05, 4.69) is 38.4 Å². The second kappa shape index (κ2) is 8.62. The largest absolute Gasteiger partial charge is 0.368 e. The molecule has 1 aliphatic carbocycles. The highest BCUT2D eigenvalue weighted by Crippen LogP contribution is 2.25. The molecule has 2 N–H and O–H groups in total. The van der Waals surface area contributed by atoms with E-state index in [4.69, 9.17) is 11.6 Å². The van der Waals surface area contributed by atoms with E-state index in [9.17, 15) is 4.79 Å². The summed E-state index contributed by atoms with van der Waals surface area (Å²) in [7, 11) is 0. The molecule has 1 saturated carbocycles. The summed E-state index contributed by atoms with van der Waals surface area (Å²) in [4.78, 5) is 21.0. The van der Waals surface area contributed by atoms with Crippen molar-refractivity contribution in [2.75, 3.05) is 44.2 Å². The molecule has 7 heteroatoms. The van der Waals surface area contributed by atoms with E-state index < -0.39 is 0 Å². The van der Waals surface area contributed by atoms with Crippen LogP contribution in [0.5, 0.6) is 0 Å². The summed E-state index contributed by atoms with van der Waals surface area (Å²) >= 11 is 6.16. The second-order valence-electron chi connectivity index (χ2n) is 6.92. The summed E-state index contributed by atoms with van der Waals surface area (Å²) < 4.78 is 0. The number of piperazine rings is 1. The molecule has 1 aromatic carbocycles. The van der Waals surface area contributed by atoms with E-state index in [1.165, 1.54) is 11.3 Å². The third-order valence-electron chi connectivity index (χ3n) is 4.74. The Labute approximate surface area is 160 Å². The van der Waals surface area contributed by atoms with Crippen molar-refractivity contribution in [3.63, 3.8) is 0 Å². The summed E-state index contributed by atoms with van der Waals surface area (Å²) in [6, 6.07) is 6.41. The Kier molecular flexibility index (Phi) is 6.25. The maximum atomic E-state index is 11.9. The van der Waals surface area contributed by atoms with Gasteiger partial charge in [-0.1, -0.05) is 17.7 Å². The van der Waals surface area contributed by atoms with Gasteiger partial charge >= 0.3 is 0 Å². The number of nitrogens with one attached hydrogen (secondary N) is 2. The fraction of sp³-hybridized carbons (Fsp3) is 0.579. The highest BCUT2D eigenvalue weighted by molar-refractivity contribution is 6.30. The zero-order chi connectivity index (χ0) is 18.5. The molecule has 142 valence electrons. The van der Waals surface area contributed by atoms with Crippen LogP contribution in [0.25, 0.3) is 0 Å². The van der Waals surface area contributed by atoms with Gasteiger partial charge in [-0.2, -0.15) is 0 Å². The van der Waals surface area contributed by atoms with Crippen molar-refractivity contribution in [2.24, 2.45) is 4.99 Å². The number of hydrogen-bond donors (Lipinski definition) is 2. The number of rotatable bonds is 5. The standard InChI is InChI=1S/C19H28ClN5O/c1-3-21-19(22-13-18(26)23-16-6-7-16)25-10-8-24(9-11-25)17-12-15(20)5-4-14(17)2/h4-5,12,16H,3,6-11,13H2,1-2H3,(H,21,22)(H,23,26). The van der Waals surface area contributed by atoms with Crippen molar-refractivity contribution >= 4 is 29.2 Å². The maximum Gasteiger partial charge on any atom is 0.242 e. The zero-order valence-electron chi connectivity index (χ0n) is 15.6. The molecule has 2 aliphatic rings. The molecule has 3 rings (SSSR count). The van der Waals surface area contributed by atoms with Crippen molar-refractivity contribution in [3.8, 4) is 0 Å².